The molecule has 6 rings (SSSR count). The van der Waals surface area contributed by atoms with Crippen molar-refractivity contribution in [3.63, 3.8) is 0 Å². The summed E-state index contributed by atoms with van der Waals surface area (Å²) in [4.78, 5) is 55.7. The summed E-state index contributed by atoms with van der Waals surface area (Å²) in [6.07, 6.45) is 3.61. The fourth-order valence-electron chi connectivity index (χ4n) is 5.79. The van der Waals surface area contributed by atoms with Crippen molar-refractivity contribution < 1.29 is 18.7 Å². The predicted octanol–water partition coefficient (Wildman–Crippen LogP) is 3.26. The van der Waals surface area contributed by atoms with E-state index in [0.717, 1.165) is 45.4 Å². The molecule has 2 aliphatic heterocycles. The normalized spacial score (nSPS) is 18.6. The number of hydrogen-bond acceptors (Lipinski definition) is 9. The third-order valence-corrected chi connectivity index (χ3v) is 7.90. The van der Waals surface area contributed by atoms with Crippen molar-refractivity contribution in [2.75, 3.05) is 51.2 Å². The predicted molar refractivity (Wildman–Crippen MR) is 159 cm³/mol. The number of aromatic nitrogens is 3. The largest absolute Gasteiger partial charge is 0.444 e. The molecule has 4 aromatic rings. The molecular weight excluding hydrogens is 538 g/mol. The van der Waals surface area contributed by atoms with E-state index in [0.29, 0.717) is 29.2 Å². The Morgan fingerprint density at radius 1 is 1.10 bits per heavy atom. The number of nitrogens with one attached hydrogen (secondary N) is 1. The number of para-hydroxylation sites is 2. The van der Waals surface area contributed by atoms with Crippen LogP contribution in [0.4, 0.5) is 10.7 Å². The first-order valence-electron chi connectivity index (χ1n) is 14.5. The van der Waals surface area contributed by atoms with Gasteiger partial charge in [-0.25, -0.2) is 9.78 Å². The Bertz CT molecular complexity index is 1720. The average Bonchev–Trinajstić information content (AvgIpc) is 3.51. The van der Waals surface area contributed by atoms with E-state index in [-0.39, 0.29) is 29.2 Å². The number of fused-ring (bicyclic) bond motifs is 5. The molecule has 1 aromatic carbocycles. The number of likely N-dealkylation sites (tertiary alicyclic amines) is 1. The SMILES string of the molecule is CN1CCCN(c2ncc3c(=O)c(C(=O)NCC4CCCN4C(=O)OC(C)(C)C)c4oc5ccccc5n4c3n2)CC1. The van der Waals surface area contributed by atoms with Crippen LogP contribution in [0.1, 0.15) is 50.4 Å². The Morgan fingerprint density at radius 2 is 1.90 bits per heavy atom. The van der Waals surface area contributed by atoms with E-state index in [1.54, 1.807) is 15.4 Å². The lowest BCUT2D eigenvalue weighted by molar-refractivity contribution is 0.0225. The number of carbonyl (C=O) groups excluding carboxylic acids is 2. The second kappa shape index (κ2) is 10.9. The van der Waals surface area contributed by atoms with Crippen molar-refractivity contribution in [3.8, 4) is 0 Å². The maximum absolute atomic E-state index is 13.9. The number of rotatable bonds is 4. The minimum atomic E-state index is -0.619. The van der Waals surface area contributed by atoms with Crippen molar-refractivity contribution >= 4 is 45.8 Å². The molecular formula is C30H37N7O5. The number of carbonyl (C=O) groups is 2. The van der Waals surface area contributed by atoms with E-state index in [1.165, 1.54) is 6.20 Å². The third-order valence-electron chi connectivity index (χ3n) is 7.90. The lowest BCUT2D eigenvalue weighted by atomic mass is 10.1. The molecule has 2 aliphatic rings. The average molecular weight is 576 g/mol. The van der Waals surface area contributed by atoms with Crippen molar-refractivity contribution in [2.24, 2.45) is 0 Å². The summed E-state index contributed by atoms with van der Waals surface area (Å²) in [6, 6.07) is 7.14. The molecule has 12 heteroatoms. The van der Waals surface area contributed by atoms with Gasteiger partial charge in [0.05, 0.1) is 16.9 Å². The van der Waals surface area contributed by atoms with Crippen LogP contribution >= 0.6 is 0 Å². The Hall–Kier alpha value is -4.19. The molecule has 0 bridgehead atoms. The first-order valence-corrected chi connectivity index (χ1v) is 14.5. The molecule has 0 radical (unpaired) electrons. The highest BCUT2D eigenvalue weighted by molar-refractivity contribution is 6.04. The molecule has 1 atom stereocenters. The third kappa shape index (κ3) is 5.26. The van der Waals surface area contributed by atoms with Gasteiger partial charge in [0, 0.05) is 38.9 Å². The van der Waals surface area contributed by atoms with Crippen molar-refractivity contribution in [1.82, 2.24) is 29.5 Å². The Kier molecular flexibility index (Phi) is 7.25. The Balaban J connectivity index is 1.37. The lowest BCUT2D eigenvalue weighted by Crippen LogP contribution is -2.45. The maximum atomic E-state index is 13.9. The zero-order valence-corrected chi connectivity index (χ0v) is 24.6. The van der Waals surface area contributed by atoms with Crippen LogP contribution in [0.2, 0.25) is 0 Å². The number of nitrogens with zero attached hydrogens (tertiary/aromatic N) is 6. The van der Waals surface area contributed by atoms with Gasteiger partial charge in [-0.3, -0.25) is 14.0 Å². The summed E-state index contributed by atoms with van der Waals surface area (Å²) >= 11 is 0. The van der Waals surface area contributed by atoms with Crippen LogP contribution in [-0.2, 0) is 4.74 Å². The van der Waals surface area contributed by atoms with Crippen LogP contribution in [0.15, 0.2) is 39.7 Å². The Morgan fingerprint density at radius 3 is 2.71 bits per heavy atom. The minimum absolute atomic E-state index is 0.117. The second-order valence-corrected chi connectivity index (χ2v) is 12.1. The van der Waals surface area contributed by atoms with Gasteiger partial charge in [-0.15, -0.1) is 0 Å². The zero-order chi connectivity index (χ0) is 29.6. The molecule has 0 spiro atoms. The van der Waals surface area contributed by atoms with Crippen LogP contribution in [0.3, 0.4) is 0 Å². The summed E-state index contributed by atoms with van der Waals surface area (Å²) in [5.41, 5.74) is 0.506. The standard InChI is InChI=1S/C30H37N7O5/c1-30(2,3)42-29(40)36-14-7-9-19(36)17-31-26(39)23-24(38)20-18-32-28(35-13-8-12-34(4)15-16-35)33-25(20)37-21-10-5-6-11-22(21)41-27(23)37/h5-6,10-11,18-19H,7-9,12-17H2,1-4H3,(H,31,39). The molecule has 3 aromatic heterocycles. The number of anilines is 1. The highest BCUT2D eigenvalue weighted by Crippen LogP contribution is 2.27. The van der Waals surface area contributed by atoms with Crippen LogP contribution in [0, 0.1) is 0 Å². The van der Waals surface area contributed by atoms with E-state index in [4.69, 9.17) is 14.1 Å². The second-order valence-electron chi connectivity index (χ2n) is 12.1. The smallest absolute Gasteiger partial charge is 0.410 e. The lowest BCUT2D eigenvalue weighted by Gasteiger charge is -2.28. The van der Waals surface area contributed by atoms with E-state index in [9.17, 15) is 14.4 Å². The molecule has 42 heavy (non-hydrogen) atoms. The molecule has 1 N–H and O–H groups in total. The number of oxazole rings is 1. The molecule has 12 nitrogen and oxygen atoms in total. The van der Waals surface area contributed by atoms with Gasteiger partial charge in [0.25, 0.3) is 5.91 Å². The molecule has 0 aliphatic carbocycles. The van der Waals surface area contributed by atoms with Gasteiger partial charge < -0.3 is 29.2 Å². The van der Waals surface area contributed by atoms with Gasteiger partial charge in [-0.05, 0) is 65.8 Å². The molecule has 0 saturated carbocycles. The van der Waals surface area contributed by atoms with E-state index in [2.05, 4.69) is 27.1 Å². The number of likely N-dealkylation sites (N-methyl/N-ethyl adjacent to an activating group) is 1. The van der Waals surface area contributed by atoms with Crippen molar-refractivity contribution in [3.05, 3.63) is 46.2 Å². The summed E-state index contributed by atoms with van der Waals surface area (Å²) in [6.45, 7) is 9.66. The van der Waals surface area contributed by atoms with E-state index >= 15 is 0 Å². The van der Waals surface area contributed by atoms with Gasteiger partial charge in [0.15, 0.2) is 11.2 Å². The van der Waals surface area contributed by atoms with Crippen molar-refractivity contribution in [2.45, 2.75) is 51.7 Å². The first-order chi connectivity index (χ1) is 20.1. The molecule has 5 heterocycles. The fraction of sp³-hybridized carbons (Fsp3) is 0.500. The number of benzene rings is 1. The first kappa shape index (κ1) is 28.0. The highest BCUT2D eigenvalue weighted by Gasteiger charge is 2.33. The summed E-state index contributed by atoms with van der Waals surface area (Å²) in [5, 5.41) is 3.12. The van der Waals surface area contributed by atoms with Gasteiger partial charge in [-0.1, -0.05) is 12.1 Å². The van der Waals surface area contributed by atoms with Crippen molar-refractivity contribution in [1.29, 1.82) is 0 Å². The van der Waals surface area contributed by atoms with Crippen LogP contribution < -0.4 is 15.6 Å². The molecule has 1 unspecified atom stereocenters. The Labute approximate surface area is 243 Å². The fourth-order valence-corrected chi connectivity index (χ4v) is 5.79. The zero-order valence-electron chi connectivity index (χ0n) is 24.6. The van der Waals surface area contributed by atoms with Gasteiger partial charge in [0.1, 0.15) is 11.2 Å². The number of ether oxygens (including phenoxy) is 1. The van der Waals surface area contributed by atoms with Crippen LogP contribution in [-0.4, -0.2) is 94.1 Å². The van der Waals surface area contributed by atoms with Gasteiger partial charge in [0.2, 0.25) is 17.1 Å². The van der Waals surface area contributed by atoms with Gasteiger partial charge in [-0.2, -0.15) is 4.98 Å². The topological polar surface area (TPSA) is 126 Å². The number of amides is 2. The molecule has 2 saturated heterocycles. The summed E-state index contributed by atoms with van der Waals surface area (Å²) in [5.74, 6) is -0.0360. The maximum Gasteiger partial charge on any atom is 0.410 e. The number of pyridine rings is 1. The van der Waals surface area contributed by atoms with E-state index < -0.39 is 23.0 Å². The van der Waals surface area contributed by atoms with Crippen LogP contribution in [0.25, 0.3) is 27.8 Å². The minimum Gasteiger partial charge on any atom is -0.444 e. The van der Waals surface area contributed by atoms with E-state index in [1.807, 2.05) is 39.0 Å². The summed E-state index contributed by atoms with van der Waals surface area (Å²) in [7, 11) is 2.10. The monoisotopic (exact) mass is 575 g/mol. The summed E-state index contributed by atoms with van der Waals surface area (Å²) < 4.78 is 13.4. The highest BCUT2D eigenvalue weighted by atomic mass is 16.6. The van der Waals surface area contributed by atoms with Gasteiger partial charge >= 0.3 is 6.09 Å². The quantitative estimate of drug-likeness (QED) is 0.390. The number of hydrogen-bond donors (Lipinski definition) is 1. The molecule has 2 fully saturated rings. The van der Waals surface area contributed by atoms with Crippen LogP contribution in [0.5, 0.6) is 0 Å². The molecule has 222 valence electrons. The molecule has 2 amide bonds.